The van der Waals surface area contributed by atoms with Crippen LogP contribution in [0.1, 0.15) is 31.9 Å². The molecule has 0 radical (unpaired) electrons. The summed E-state index contributed by atoms with van der Waals surface area (Å²) in [6.07, 6.45) is 0. The van der Waals surface area contributed by atoms with Crippen LogP contribution in [0.5, 0.6) is 0 Å². The second-order valence-electron chi connectivity index (χ2n) is 5.63. The summed E-state index contributed by atoms with van der Waals surface area (Å²) in [5.74, 6) is -4.91. The monoisotopic (exact) mass is 342 g/mol. The Balaban J connectivity index is 0.00000169. The van der Waals surface area contributed by atoms with Crippen LogP contribution in [0.4, 0.5) is 13.2 Å². The molecule has 1 N–H and O–H groups in total. The molecule has 3 rings (SSSR count). The summed E-state index contributed by atoms with van der Waals surface area (Å²) in [6.45, 7) is 3.56. The largest absolute Gasteiger partial charge is 1.00 e. The van der Waals surface area contributed by atoms with Crippen molar-refractivity contribution in [2.24, 2.45) is 0 Å². The Morgan fingerprint density at radius 3 is 2.48 bits per heavy atom. The van der Waals surface area contributed by atoms with E-state index in [0.717, 1.165) is 6.07 Å². The second kappa shape index (κ2) is 6.94. The molecule has 1 heterocycles. The predicted octanol–water partition coefficient (Wildman–Crippen LogP) is 1.52. The van der Waals surface area contributed by atoms with E-state index in [1.807, 2.05) is 0 Å². The van der Waals surface area contributed by atoms with Gasteiger partial charge in [-0.1, -0.05) is 12.1 Å². The average Bonchev–Trinajstić information content (AvgIpc) is 2.90. The number of hydrogen-bond acceptors (Lipinski definition) is 2. The molecule has 4 nitrogen and oxygen atoms in total. The smallest absolute Gasteiger partial charge is 1.00 e. The van der Waals surface area contributed by atoms with Gasteiger partial charge in [0.15, 0.2) is 11.6 Å². The summed E-state index contributed by atoms with van der Waals surface area (Å²) in [6, 6.07) is 5.74. The molecule has 0 spiro atoms. The molecule has 1 aromatic heterocycles. The maximum absolute atomic E-state index is 14.1. The molecule has 0 aliphatic carbocycles. The van der Waals surface area contributed by atoms with Gasteiger partial charge < -0.3 is 11.1 Å². The summed E-state index contributed by atoms with van der Waals surface area (Å²) < 4.78 is 42.6. The van der Waals surface area contributed by atoms with Gasteiger partial charge in [-0.05, 0) is 26.0 Å². The minimum absolute atomic E-state index is 0. The third-order valence-corrected chi connectivity index (χ3v) is 3.71. The fourth-order valence-electron chi connectivity index (χ4n) is 2.76. The molecule has 0 saturated heterocycles. The fourth-order valence-corrected chi connectivity index (χ4v) is 2.76. The Hall–Kier alpha value is -2.23. The van der Waals surface area contributed by atoms with Crippen molar-refractivity contribution in [1.29, 1.82) is 0 Å². The number of fused-ring (bicyclic) bond motifs is 1. The van der Waals surface area contributed by atoms with E-state index in [0.29, 0.717) is 11.6 Å². The topological polar surface area (TPSA) is 55.1 Å². The SMILES string of the molecule is CC(C)n1c(C(=O)O)nc2c(-c3cc(F)cc(F)c3F)cccc21.[H-].[Li+]. The van der Waals surface area contributed by atoms with Crippen molar-refractivity contribution < 1.29 is 43.4 Å². The Morgan fingerprint density at radius 2 is 1.88 bits per heavy atom. The number of aromatic nitrogens is 2. The molecule has 0 aliphatic rings. The van der Waals surface area contributed by atoms with E-state index in [-0.39, 0.29) is 48.8 Å². The van der Waals surface area contributed by atoms with Crippen molar-refractivity contribution in [2.75, 3.05) is 0 Å². The van der Waals surface area contributed by atoms with Crippen molar-refractivity contribution in [2.45, 2.75) is 19.9 Å². The van der Waals surface area contributed by atoms with Gasteiger partial charge in [0.1, 0.15) is 5.82 Å². The molecule has 0 saturated carbocycles. The number of benzene rings is 2. The molecule has 25 heavy (non-hydrogen) atoms. The first-order chi connectivity index (χ1) is 11.3. The quantitative estimate of drug-likeness (QED) is 0.580. The summed E-state index contributed by atoms with van der Waals surface area (Å²) in [7, 11) is 0. The van der Waals surface area contributed by atoms with Crippen LogP contribution in [0.25, 0.3) is 22.2 Å². The summed E-state index contributed by atoms with van der Waals surface area (Å²) in [4.78, 5) is 15.5. The molecule has 0 atom stereocenters. The average molecular weight is 342 g/mol. The van der Waals surface area contributed by atoms with Crippen molar-refractivity contribution in [3.63, 3.8) is 0 Å². The van der Waals surface area contributed by atoms with Gasteiger partial charge in [0.25, 0.3) is 0 Å². The standard InChI is InChI=1S/C17H13F3N2O2.Li.H/c1-8(2)22-13-5-3-4-10(15(13)21-16(22)17(23)24)11-6-9(18)7-12(19)14(11)20;;/h3-8H,1-2H3,(H,23,24);;/q;+1;-1. The number of aromatic carboxylic acids is 1. The number of nitrogens with zero attached hydrogens (tertiary/aromatic N) is 2. The van der Waals surface area contributed by atoms with E-state index in [9.17, 15) is 23.1 Å². The minimum Gasteiger partial charge on any atom is -1.00 e. The van der Waals surface area contributed by atoms with Gasteiger partial charge in [-0.25, -0.2) is 22.9 Å². The molecule has 2 aromatic carbocycles. The zero-order chi connectivity index (χ0) is 17.6. The first-order valence-electron chi connectivity index (χ1n) is 7.20. The van der Waals surface area contributed by atoms with Crippen LogP contribution >= 0.6 is 0 Å². The zero-order valence-corrected chi connectivity index (χ0v) is 13.8. The van der Waals surface area contributed by atoms with Crippen molar-refractivity contribution in [3.8, 4) is 11.1 Å². The number of carbonyl (C=O) groups is 1. The van der Waals surface area contributed by atoms with Crippen molar-refractivity contribution in [1.82, 2.24) is 9.55 Å². The number of carboxylic acids is 1. The van der Waals surface area contributed by atoms with Crippen LogP contribution in [-0.2, 0) is 0 Å². The van der Waals surface area contributed by atoms with Crippen LogP contribution in [0.2, 0.25) is 0 Å². The second-order valence-corrected chi connectivity index (χ2v) is 5.63. The van der Waals surface area contributed by atoms with E-state index in [4.69, 9.17) is 0 Å². The Kier molecular flexibility index (Phi) is 5.30. The maximum atomic E-state index is 14.1. The van der Waals surface area contributed by atoms with Crippen LogP contribution in [0.3, 0.4) is 0 Å². The third kappa shape index (κ3) is 3.17. The van der Waals surface area contributed by atoms with Gasteiger partial charge in [-0.2, -0.15) is 0 Å². The maximum Gasteiger partial charge on any atom is 1.00 e. The van der Waals surface area contributed by atoms with Crippen LogP contribution in [0.15, 0.2) is 30.3 Å². The number of carboxylic acid groups (broad SMARTS) is 1. The molecule has 0 unspecified atom stereocenters. The van der Waals surface area contributed by atoms with Crippen molar-refractivity contribution >= 4 is 17.0 Å². The van der Waals surface area contributed by atoms with Gasteiger partial charge in [0.2, 0.25) is 5.82 Å². The first-order valence-corrected chi connectivity index (χ1v) is 7.20. The summed E-state index contributed by atoms with van der Waals surface area (Å²) >= 11 is 0. The first kappa shape index (κ1) is 19.1. The van der Waals surface area contributed by atoms with Crippen LogP contribution < -0.4 is 18.9 Å². The van der Waals surface area contributed by atoms with Gasteiger partial charge in [-0.15, -0.1) is 0 Å². The zero-order valence-electron chi connectivity index (χ0n) is 14.8. The molecule has 0 bridgehead atoms. The fraction of sp³-hybridized carbons (Fsp3) is 0.176. The van der Waals surface area contributed by atoms with Gasteiger partial charge in [0, 0.05) is 23.2 Å². The third-order valence-electron chi connectivity index (χ3n) is 3.71. The number of hydrogen-bond donors (Lipinski definition) is 1. The minimum atomic E-state index is -1.32. The number of imidazole rings is 1. The number of halogens is 3. The Labute approximate surface area is 155 Å². The van der Waals surface area contributed by atoms with E-state index in [1.165, 1.54) is 10.6 Å². The normalized spacial score (nSPS) is 11.0. The Morgan fingerprint density at radius 1 is 1.20 bits per heavy atom. The van der Waals surface area contributed by atoms with Gasteiger partial charge in [0.05, 0.1) is 11.0 Å². The Bertz CT molecular complexity index is 976. The molecule has 0 aliphatic heterocycles. The van der Waals surface area contributed by atoms with E-state index in [2.05, 4.69) is 4.98 Å². The van der Waals surface area contributed by atoms with Gasteiger partial charge in [-0.3, -0.25) is 0 Å². The summed E-state index contributed by atoms with van der Waals surface area (Å²) in [5, 5.41) is 9.34. The van der Waals surface area contributed by atoms with Crippen LogP contribution in [0, 0.1) is 17.5 Å². The van der Waals surface area contributed by atoms with E-state index in [1.54, 1.807) is 26.0 Å². The molecule has 8 heteroatoms. The van der Waals surface area contributed by atoms with Gasteiger partial charge >= 0.3 is 24.8 Å². The molecule has 3 aromatic rings. The van der Waals surface area contributed by atoms with E-state index < -0.39 is 23.4 Å². The molecule has 0 fully saturated rings. The van der Waals surface area contributed by atoms with Crippen molar-refractivity contribution in [3.05, 3.63) is 53.6 Å². The molecule has 0 amide bonds. The van der Waals surface area contributed by atoms with Crippen LogP contribution in [-0.4, -0.2) is 20.6 Å². The molecular weight excluding hydrogens is 328 g/mol. The molecular formula is C17H14F3LiN2O2. The van der Waals surface area contributed by atoms with E-state index >= 15 is 0 Å². The predicted molar refractivity (Wildman–Crippen MR) is 83.5 cm³/mol. The number of para-hydroxylation sites is 1. The summed E-state index contributed by atoms with van der Waals surface area (Å²) in [5.41, 5.74) is 0.449. The number of rotatable bonds is 3. The molecule has 126 valence electrons.